The first kappa shape index (κ1) is 14.4. The molecule has 0 aliphatic carbocycles. The van der Waals surface area contributed by atoms with Crippen molar-refractivity contribution in [3.05, 3.63) is 66.9 Å². The first-order chi connectivity index (χ1) is 9.47. The summed E-state index contributed by atoms with van der Waals surface area (Å²) in [6.45, 7) is 1.98. The number of ketones is 1. The van der Waals surface area contributed by atoms with Crippen molar-refractivity contribution in [1.82, 2.24) is 0 Å². The number of carbonyl (C=O) groups excluding carboxylic acids is 1. The zero-order valence-electron chi connectivity index (χ0n) is 10.5. The molecule has 0 radical (unpaired) electrons. The number of nitro groups is 1. The van der Waals surface area contributed by atoms with Crippen LogP contribution in [-0.2, 0) is 0 Å². The number of aryl methyl sites for hydroxylation is 1. The number of rotatable bonds is 4. The van der Waals surface area contributed by atoms with Gasteiger partial charge in [0.1, 0.15) is 5.02 Å². The summed E-state index contributed by atoms with van der Waals surface area (Å²) in [4.78, 5) is 24.2. The minimum atomic E-state index is -0.606. The Bertz CT molecular complexity index is 706. The first-order valence-corrected chi connectivity index (χ1v) is 6.89. The molecule has 2 aromatic rings. The average molecular weight is 308 g/mol. The van der Waals surface area contributed by atoms with Gasteiger partial charge in [-0.1, -0.05) is 11.6 Å². The molecule has 1 aromatic carbocycles. The number of hydrogen-bond donors (Lipinski definition) is 0. The molecule has 4 nitrogen and oxygen atoms in total. The summed E-state index contributed by atoms with van der Waals surface area (Å²) in [6, 6.07) is 7.89. The summed E-state index contributed by atoms with van der Waals surface area (Å²) >= 11 is 7.27. The Morgan fingerprint density at radius 1 is 1.35 bits per heavy atom. The number of halogens is 1. The van der Waals surface area contributed by atoms with E-state index in [9.17, 15) is 14.9 Å². The van der Waals surface area contributed by atoms with Gasteiger partial charge in [-0.25, -0.2) is 0 Å². The Balaban J connectivity index is 2.23. The summed E-state index contributed by atoms with van der Waals surface area (Å²) in [6.07, 6.45) is 3.10. The van der Waals surface area contributed by atoms with E-state index in [4.69, 9.17) is 11.6 Å². The van der Waals surface area contributed by atoms with Crippen molar-refractivity contribution in [2.75, 3.05) is 0 Å². The number of carbonyl (C=O) groups is 1. The number of thiophene rings is 1. The summed E-state index contributed by atoms with van der Waals surface area (Å²) in [7, 11) is 0. The maximum atomic E-state index is 12.0. The number of nitrogens with zero attached hydrogens (tertiary/aromatic N) is 1. The van der Waals surface area contributed by atoms with E-state index in [-0.39, 0.29) is 22.1 Å². The lowest BCUT2D eigenvalue weighted by Crippen LogP contribution is -1.97. The topological polar surface area (TPSA) is 60.2 Å². The van der Waals surface area contributed by atoms with Crippen molar-refractivity contribution < 1.29 is 9.72 Å². The van der Waals surface area contributed by atoms with Crippen molar-refractivity contribution in [2.24, 2.45) is 0 Å². The molecule has 0 fully saturated rings. The van der Waals surface area contributed by atoms with E-state index in [0.29, 0.717) is 0 Å². The third-order valence-corrected chi connectivity index (χ3v) is 3.87. The van der Waals surface area contributed by atoms with Gasteiger partial charge in [0, 0.05) is 21.4 Å². The number of allylic oxidation sites excluding steroid dienone is 1. The van der Waals surface area contributed by atoms with Crippen molar-refractivity contribution in [1.29, 1.82) is 0 Å². The Hall–Kier alpha value is -1.98. The molecule has 2 rings (SSSR count). The van der Waals surface area contributed by atoms with Crippen molar-refractivity contribution >= 4 is 40.5 Å². The Morgan fingerprint density at radius 3 is 2.70 bits per heavy atom. The molecule has 0 unspecified atom stereocenters. The lowest BCUT2D eigenvalue weighted by atomic mass is 10.1. The van der Waals surface area contributed by atoms with Crippen LogP contribution in [0.25, 0.3) is 6.08 Å². The fourth-order valence-corrected chi connectivity index (χ4v) is 2.57. The molecule has 102 valence electrons. The van der Waals surface area contributed by atoms with Gasteiger partial charge in [0.05, 0.1) is 4.92 Å². The predicted molar refractivity (Wildman–Crippen MR) is 80.5 cm³/mol. The highest BCUT2D eigenvalue weighted by molar-refractivity contribution is 7.12. The molecule has 0 atom stereocenters. The van der Waals surface area contributed by atoms with Gasteiger partial charge < -0.3 is 0 Å². The maximum Gasteiger partial charge on any atom is 0.288 e. The molecule has 0 amide bonds. The Kier molecular flexibility index (Phi) is 4.32. The molecular weight excluding hydrogens is 298 g/mol. The minimum Gasteiger partial charge on any atom is -0.289 e. The minimum absolute atomic E-state index is 0.0180. The molecule has 0 N–H and O–H groups in total. The molecule has 0 bridgehead atoms. The number of benzene rings is 1. The average Bonchev–Trinajstić information content (AvgIpc) is 2.82. The summed E-state index contributed by atoms with van der Waals surface area (Å²) < 4.78 is 0. The van der Waals surface area contributed by atoms with E-state index in [2.05, 4.69) is 0 Å². The third-order valence-electron chi connectivity index (χ3n) is 2.59. The molecule has 0 saturated heterocycles. The quantitative estimate of drug-likeness (QED) is 0.361. The number of nitro benzene ring substituents is 1. The lowest BCUT2D eigenvalue weighted by molar-refractivity contribution is -0.384. The molecule has 20 heavy (non-hydrogen) atoms. The summed E-state index contributed by atoms with van der Waals surface area (Å²) in [5.41, 5.74) is -0.0245. The van der Waals surface area contributed by atoms with Crippen molar-refractivity contribution in [3.63, 3.8) is 0 Å². The summed E-state index contributed by atoms with van der Waals surface area (Å²) in [5.74, 6) is -0.296. The fourth-order valence-electron chi connectivity index (χ4n) is 1.60. The largest absolute Gasteiger partial charge is 0.289 e. The molecule has 0 saturated carbocycles. The molecule has 0 aliphatic rings. The molecular formula is C14H10ClNO3S. The van der Waals surface area contributed by atoms with Crippen LogP contribution in [0.4, 0.5) is 5.69 Å². The normalized spacial score (nSPS) is 10.9. The molecule has 0 aliphatic heterocycles. The van der Waals surface area contributed by atoms with Crippen LogP contribution in [0, 0.1) is 17.0 Å². The lowest BCUT2D eigenvalue weighted by Gasteiger charge is -1.98. The zero-order valence-corrected chi connectivity index (χ0v) is 12.1. The van der Waals surface area contributed by atoms with Gasteiger partial charge in [-0.2, -0.15) is 0 Å². The van der Waals surface area contributed by atoms with Gasteiger partial charge in [-0.05, 0) is 43.3 Å². The van der Waals surface area contributed by atoms with Gasteiger partial charge >= 0.3 is 0 Å². The highest BCUT2D eigenvalue weighted by Gasteiger charge is 2.14. The highest BCUT2D eigenvalue weighted by Crippen LogP contribution is 2.25. The van der Waals surface area contributed by atoms with Crippen LogP contribution in [0.5, 0.6) is 0 Å². The highest BCUT2D eigenvalue weighted by atomic mass is 35.5. The predicted octanol–water partition coefficient (Wildman–Crippen LogP) is 4.51. The van der Waals surface area contributed by atoms with Crippen LogP contribution in [0.1, 0.15) is 20.1 Å². The smallest absolute Gasteiger partial charge is 0.288 e. The second-order valence-electron chi connectivity index (χ2n) is 4.07. The van der Waals surface area contributed by atoms with Gasteiger partial charge in [-0.15, -0.1) is 11.3 Å². The second-order valence-corrected chi connectivity index (χ2v) is 5.80. The van der Waals surface area contributed by atoms with Crippen LogP contribution in [0.3, 0.4) is 0 Å². The van der Waals surface area contributed by atoms with E-state index in [1.807, 2.05) is 19.1 Å². The van der Waals surface area contributed by atoms with Gasteiger partial charge in [0.25, 0.3) is 5.69 Å². The summed E-state index contributed by atoms with van der Waals surface area (Å²) in [5, 5.41) is 10.8. The SMILES string of the molecule is Cc1ccc(C=CC(=O)c2ccc(Cl)c([N+](=O)[O-])c2)s1. The monoisotopic (exact) mass is 307 g/mol. The number of hydrogen-bond acceptors (Lipinski definition) is 4. The first-order valence-electron chi connectivity index (χ1n) is 5.70. The molecule has 1 heterocycles. The second kappa shape index (κ2) is 5.98. The van der Waals surface area contributed by atoms with Crippen LogP contribution in [-0.4, -0.2) is 10.7 Å². The Labute approximate surface area is 124 Å². The van der Waals surface area contributed by atoms with E-state index >= 15 is 0 Å². The van der Waals surface area contributed by atoms with Crippen molar-refractivity contribution in [2.45, 2.75) is 6.92 Å². The third kappa shape index (κ3) is 3.31. The van der Waals surface area contributed by atoms with Crippen LogP contribution >= 0.6 is 22.9 Å². The Morgan fingerprint density at radius 2 is 2.10 bits per heavy atom. The van der Waals surface area contributed by atoms with Crippen molar-refractivity contribution in [3.8, 4) is 0 Å². The molecule has 1 aromatic heterocycles. The van der Waals surface area contributed by atoms with Crippen LogP contribution in [0.2, 0.25) is 5.02 Å². The zero-order chi connectivity index (χ0) is 14.7. The van der Waals surface area contributed by atoms with E-state index < -0.39 is 4.92 Å². The standard InChI is InChI=1S/C14H10ClNO3S/c1-9-2-4-11(20-9)5-7-14(17)10-3-6-12(15)13(8-10)16(18)19/h2-8H,1H3. The van der Waals surface area contributed by atoms with E-state index in [1.54, 1.807) is 17.4 Å². The van der Waals surface area contributed by atoms with Gasteiger partial charge in [-0.3, -0.25) is 14.9 Å². The van der Waals surface area contributed by atoms with E-state index in [1.165, 1.54) is 24.3 Å². The fraction of sp³-hybridized carbons (Fsp3) is 0.0714. The van der Waals surface area contributed by atoms with Crippen LogP contribution < -0.4 is 0 Å². The van der Waals surface area contributed by atoms with Crippen LogP contribution in [0.15, 0.2) is 36.4 Å². The maximum absolute atomic E-state index is 12.0. The van der Waals surface area contributed by atoms with Gasteiger partial charge in [0.2, 0.25) is 0 Å². The van der Waals surface area contributed by atoms with E-state index in [0.717, 1.165) is 9.75 Å². The molecule has 0 spiro atoms. The van der Waals surface area contributed by atoms with Gasteiger partial charge in [0.15, 0.2) is 5.78 Å². The molecule has 6 heteroatoms.